The predicted molar refractivity (Wildman–Crippen MR) is 75.0 cm³/mol. The van der Waals surface area contributed by atoms with Crippen molar-refractivity contribution in [3.8, 4) is 0 Å². The van der Waals surface area contributed by atoms with Crippen LogP contribution in [0.15, 0.2) is 40.8 Å². The molecular weight excluding hydrogens is 246 g/mol. The Hall–Kier alpha value is -1.25. The summed E-state index contributed by atoms with van der Waals surface area (Å²) in [5.41, 5.74) is 2.65. The Balaban J connectivity index is 2.10. The molecule has 1 N–H and O–H groups in total. The van der Waals surface area contributed by atoms with Crippen molar-refractivity contribution in [3.63, 3.8) is 0 Å². The van der Waals surface area contributed by atoms with Gasteiger partial charge in [-0.2, -0.15) is 0 Å². The number of halogens is 1. The van der Waals surface area contributed by atoms with Gasteiger partial charge in [-0.05, 0) is 54.7 Å². The molecule has 0 saturated heterocycles. The van der Waals surface area contributed by atoms with Crippen molar-refractivity contribution >= 4 is 11.6 Å². The lowest BCUT2D eigenvalue weighted by molar-refractivity contribution is 0.430. The van der Waals surface area contributed by atoms with Gasteiger partial charge in [0.25, 0.3) is 0 Å². The number of benzene rings is 1. The van der Waals surface area contributed by atoms with Crippen LogP contribution in [0.2, 0.25) is 5.22 Å². The van der Waals surface area contributed by atoms with E-state index in [4.69, 9.17) is 16.0 Å². The van der Waals surface area contributed by atoms with E-state index in [2.05, 4.69) is 36.5 Å². The summed E-state index contributed by atoms with van der Waals surface area (Å²) >= 11 is 5.81. The third kappa shape index (κ3) is 3.15. The molecule has 1 aromatic carbocycles. The Bertz CT molecular complexity index is 489. The first kappa shape index (κ1) is 13.2. The van der Waals surface area contributed by atoms with Crippen LogP contribution in [-0.4, -0.2) is 7.05 Å². The lowest BCUT2D eigenvalue weighted by atomic mass is 10.0. The molecular formula is C15H18ClNO. The van der Waals surface area contributed by atoms with Crippen LogP contribution in [0.3, 0.4) is 0 Å². The van der Waals surface area contributed by atoms with Crippen molar-refractivity contribution in [2.45, 2.75) is 25.8 Å². The molecule has 2 nitrogen and oxygen atoms in total. The summed E-state index contributed by atoms with van der Waals surface area (Å²) in [6.07, 6.45) is 1.97. The number of hydrogen-bond donors (Lipinski definition) is 1. The maximum absolute atomic E-state index is 5.81. The van der Waals surface area contributed by atoms with Gasteiger partial charge in [-0.1, -0.05) is 31.2 Å². The highest BCUT2D eigenvalue weighted by atomic mass is 35.5. The zero-order valence-electron chi connectivity index (χ0n) is 10.7. The van der Waals surface area contributed by atoms with E-state index in [0.29, 0.717) is 5.22 Å². The Morgan fingerprint density at radius 3 is 2.28 bits per heavy atom. The minimum absolute atomic E-state index is 0.157. The molecule has 2 rings (SSSR count). The highest BCUT2D eigenvalue weighted by Gasteiger charge is 2.14. The number of hydrogen-bond acceptors (Lipinski definition) is 2. The average molecular weight is 264 g/mol. The second-order valence-corrected chi connectivity index (χ2v) is 4.73. The van der Waals surface area contributed by atoms with Gasteiger partial charge in [0.1, 0.15) is 5.76 Å². The molecule has 0 saturated carbocycles. The van der Waals surface area contributed by atoms with Crippen molar-refractivity contribution < 1.29 is 4.42 Å². The molecule has 2 aromatic rings. The van der Waals surface area contributed by atoms with E-state index < -0.39 is 0 Å². The fourth-order valence-corrected chi connectivity index (χ4v) is 2.16. The molecule has 0 aliphatic carbocycles. The fourth-order valence-electron chi connectivity index (χ4n) is 2.01. The Labute approximate surface area is 113 Å². The summed E-state index contributed by atoms with van der Waals surface area (Å²) in [4.78, 5) is 0. The highest BCUT2D eigenvalue weighted by molar-refractivity contribution is 6.28. The first-order chi connectivity index (χ1) is 8.72. The Morgan fingerprint density at radius 2 is 1.78 bits per heavy atom. The maximum atomic E-state index is 5.81. The standard InChI is InChI=1S/C15H18ClNO/c1-3-11-4-6-12(7-5-11)10-13(17-2)14-8-9-15(16)18-14/h4-9,13,17H,3,10H2,1-2H3. The topological polar surface area (TPSA) is 25.2 Å². The van der Waals surface area contributed by atoms with Gasteiger partial charge in [-0.15, -0.1) is 0 Å². The third-order valence-electron chi connectivity index (χ3n) is 3.16. The van der Waals surface area contributed by atoms with Crippen LogP contribution in [0.1, 0.15) is 29.9 Å². The van der Waals surface area contributed by atoms with Crippen molar-refractivity contribution in [1.82, 2.24) is 5.32 Å². The molecule has 96 valence electrons. The predicted octanol–water partition coefficient (Wildman–Crippen LogP) is 4.00. The lowest BCUT2D eigenvalue weighted by Gasteiger charge is -2.13. The van der Waals surface area contributed by atoms with Gasteiger partial charge in [0.05, 0.1) is 6.04 Å². The van der Waals surface area contributed by atoms with E-state index in [1.54, 1.807) is 6.07 Å². The van der Waals surface area contributed by atoms with E-state index in [1.165, 1.54) is 11.1 Å². The Kier molecular flexibility index (Phi) is 4.45. The van der Waals surface area contributed by atoms with Gasteiger partial charge >= 0.3 is 0 Å². The summed E-state index contributed by atoms with van der Waals surface area (Å²) in [5.74, 6) is 0.877. The molecule has 1 heterocycles. The zero-order valence-corrected chi connectivity index (χ0v) is 11.5. The van der Waals surface area contributed by atoms with E-state index >= 15 is 0 Å². The van der Waals surface area contributed by atoms with Crippen LogP contribution in [-0.2, 0) is 12.8 Å². The lowest BCUT2D eigenvalue weighted by Crippen LogP contribution is -2.18. The van der Waals surface area contributed by atoms with E-state index in [0.717, 1.165) is 18.6 Å². The smallest absolute Gasteiger partial charge is 0.193 e. The molecule has 0 spiro atoms. The largest absolute Gasteiger partial charge is 0.448 e. The number of likely N-dealkylation sites (N-methyl/N-ethyl adjacent to an activating group) is 1. The summed E-state index contributed by atoms with van der Waals surface area (Å²) in [5, 5.41) is 3.69. The molecule has 0 fully saturated rings. The van der Waals surface area contributed by atoms with Crippen LogP contribution < -0.4 is 5.32 Å². The number of aryl methyl sites for hydroxylation is 1. The van der Waals surface area contributed by atoms with Gasteiger partial charge in [0, 0.05) is 0 Å². The fraction of sp³-hybridized carbons (Fsp3) is 0.333. The van der Waals surface area contributed by atoms with Gasteiger partial charge in [-0.3, -0.25) is 0 Å². The molecule has 0 bridgehead atoms. The van der Waals surface area contributed by atoms with Crippen LogP contribution in [0.4, 0.5) is 0 Å². The summed E-state index contributed by atoms with van der Waals surface area (Å²) in [6, 6.07) is 12.6. The van der Waals surface area contributed by atoms with Crippen LogP contribution in [0.5, 0.6) is 0 Å². The van der Waals surface area contributed by atoms with E-state index in [1.807, 2.05) is 13.1 Å². The summed E-state index contributed by atoms with van der Waals surface area (Å²) in [6.45, 7) is 2.16. The minimum Gasteiger partial charge on any atom is -0.448 e. The zero-order chi connectivity index (χ0) is 13.0. The van der Waals surface area contributed by atoms with Crippen LogP contribution >= 0.6 is 11.6 Å². The first-order valence-corrected chi connectivity index (χ1v) is 6.61. The average Bonchev–Trinajstić information content (AvgIpc) is 2.83. The number of nitrogens with one attached hydrogen (secondary N) is 1. The SMILES string of the molecule is CCc1ccc(CC(NC)c2ccc(Cl)o2)cc1. The molecule has 0 amide bonds. The second kappa shape index (κ2) is 6.07. The summed E-state index contributed by atoms with van der Waals surface area (Å²) in [7, 11) is 1.93. The first-order valence-electron chi connectivity index (χ1n) is 6.23. The monoisotopic (exact) mass is 263 g/mol. The number of rotatable bonds is 5. The molecule has 18 heavy (non-hydrogen) atoms. The van der Waals surface area contributed by atoms with Gasteiger partial charge in [0.2, 0.25) is 0 Å². The highest BCUT2D eigenvalue weighted by Crippen LogP contribution is 2.23. The Morgan fingerprint density at radius 1 is 1.11 bits per heavy atom. The van der Waals surface area contributed by atoms with Crippen LogP contribution in [0.25, 0.3) is 0 Å². The normalized spacial score (nSPS) is 12.6. The quantitative estimate of drug-likeness (QED) is 0.882. The minimum atomic E-state index is 0.157. The van der Waals surface area contributed by atoms with Crippen LogP contribution in [0, 0.1) is 0 Å². The van der Waals surface area contributed by atoms with Gasteiger partial charge in [-0.25, -0.2) is 0 Å². The van der Waals surface area contributed by atoms with E-state index in [9.17, 15) is 0 Å². The molecule has 1 aromatic heterocycles. The van der Waals surface area contributed by atoms with Gasteiger partial charge in [0.15, 0.2) is 5.22 Å². The third-order valence-corrected chi connectivity index (χ3v) is 3.36. The number of furan rings is 1. The van der Waals surface area contributed by atoms with E-state index in [-0.39, 0.29) is 6.04 Å². The molecule has 0 aliphatic rings. The van der Waals surface area contributed by atoms with Crippen molar-refractivity contribution in [1.29, 1.82) is 0 Å². The van der Waals surface area contributed by atoms with Gasteiger partial charge < -0.3 is 9.73 Å². The molecule has 1 atom stereocenters. The maximum Gasteiger partial charge on any atom is 0.193 e. The molecule has 3 heteroatoms. The second-order valence-electron chi connectivity index (χ2n) is 4.36. The summed E-state index contributed by atoms with van der Waals surface area (Å²) < 4.78 is 5.46. The van der Waals surface area contributed by atoms with Crippen molar-refractivity contribution in [2.24, 2.45) is 0 Å². The van der Waals surface area contributed by atoms with Crippen molar-refractivity contribution in [3.05, 3.63) is 58.5 Å². The molecule has 0 radical (unpaired) electrons. The molecule has 0 aliphatic heterocycles. The van der Waals surface area contributed by atoms with Crippen molar-refractivity contribution in [2.75, 3.05) is 7.05 Å². The molecule has 1 unspecified atom stereocenters.